The number of rotatable bonds is 3. The zero-order valence-electron chi connectivity index (χ0n) is 14.6. The maximum absolute atomic E-state index is 9.44. The summed E-state index contributed by atoms with van der Waals surface area (Å²) in [4.78, 5) is 6.90. The average molecular weight is 373 g/mol. The molecule has 0 aliphatic carbocycles. The molecule has 0 bridgehead atoms. The lowest BCUT2D eigenvalue weighted by molar-refractivity contribution is 0.174. The van der Waals surface area contributed by atoms with Gasteiger partial charge in [-0.1, -0.05) is 30.3 Å². The molecular weight excluding hydrogens is 358 g/mol. The molecule has 0 N–H and O–H groups in total. The van der Waals surface area contributed by atoms with Crippen molar-refractivity contribution in [3.8, 4) is 40.1 Å². The molecule has 2 aromatic carbocycles. The lowest BCUT2D eigenvalue weighted by atomic mass is 10.1. The van der Waals surface area contributed by atoms with E-state index in [0.29, 0.717) is 6.42 Å². The normalized spacial score (nSPS) is 12.4. The van der Waals surface area contributed by atoms with Gasteiger partial charge in [-0.2, -0.15) is 5.26 Å². The Morgan fingerprint density at radius 2 is 1.93 bits per heavy atom. The largest absolute Gasteiger partial charge is 0.454 e. The van der Waals surface area contributed by atoms with Crippen molar-refractivity contribution in [1.82, 2.24) is 9.38 Å². The highest BCUT2D eigenvalue weighted by Gasteiger charge is 2.22. The first-order valence-electron chi connectivity index (χ1n) is 8.59. The van der Waals surface area contributed by atoms with Crippen LogP contribution in [0.1, 0.15) is 10.6 Å². The van der Waals surface area contributed by atoms with E-state index in [9.17, 15) is 5.26 Å². The lowest BCUT2D eigenvalue weighted by Gasteiger charge is -2.07. The molecule has 5 nitrogen and oxygen atoms in total. The van der Waals surface area contributed by atoms with Gasteiger partial charge in [0, 0.05) is 16.0 Å². The molecule has 0 amide bonds. The highest BCUT2D eigenvalue weighted by Crippen LogP contribution is 2.40. The minimum absolute atomic E-state index is 0.250. The number of imidazole rings is 1. The first-order valence-corrected chi connectivity index (χ1v) is 9.41. The van der Waals surface area contributed by atoms with E-state index in [4.69, 9.17) is 14.5 Å². The number of thiazole rings is 1. The van der Waals surface area contributed by atoms with E-state index in [2.05, 4.69) is 17.4 Å². The van der Waals surface area contributed by atoms with E-state index in [0.717, 1.165) is 49.5 Å². The quantitative estimate of drug-likeness (QED) is 0.516. The number of hydrogen-bond donors (Lipinski definition) is 0. The summed E-state index contributed by atoms with van der Waals surface area (Å²) in [5.41, 5.74) is 4.88. The maximum atomic E-state index is 9.44. The molecule has 1 aliphatic rings. The summed E-state index contributed by atoms with van der Waals surface area (Å²) < 4.78 is 13.1. The lowest BCUT2D eigenvalue weighted by Crippen LogP contribution is -1.96. The zero-order chi connectivity index (χ0) is 18.4. The Kier molecular flexibility index (Phi) is 3.62. The summed E-state index contributed by atoms with van der Waals surface area (Å²) in [7, 11) is 0. The summed E-state index contributed by atoms with van der Waals surface area (Å²) in [6.07, 6.45) is 0.291. The Morgan fingerprint density at radius 1 is 1.11 bits per heavy atom. The van der Waals surface area contributed by atoms with Crippen LogP contribution in [0.5, 0.6) is 11.5 Å². The molecule has 3 heterocycles. The van der Waals surface area contributed by atoms with E-state index in [1.807, 2.05) is 48.5 Å². The Balaban J connectivity index is 1.77. The number of fused-ring (bicyclic) bond motifs is 2. The molecule has 132 valence electrons. The number of aromatic nitrogens is 2. The third-order valence-electron chi connectivity index (χ3n) is 4.68. The molecule has 27 heavy (non-hydrogen) atoms. The minimum atomic E-state index is 0.250. The number of benzene rings is 2. The van der Waals surface area contributed by atoms with Gasteiger partial charge in [0.25, 0.3) is 0 Å². The van der Waals surface area contributed by atoms with Crippen molar-refractivity contribution in [3.63, 3.8) is 0 Å². The molecule has 0 saturated carbocycles. The van der Waals surface area contributed by atoms with Gasteiger partial charge in [-0.05, 0) is 25.1 Å². The first-order chi connectivity index (χ1) is 13.3. The fraction of sp³-hybridized carbons (Fsp3) is 0.143. The third kappa shape index (κ3) is 2.47. The number of nitrogens with zero attached hydrogens (tertiary/aromatic N) is 3. The molecule has 6 heteroatoms. The van der Waals surface area contributed by atoms with Gasteiger partial charge < -0.3 is 9.47 Å². The number of nitriles is 1. The van der Waals surface area contributed by atoms with Gasteiger partial charge in [0.05, 0.1) is 29.6 Å². The van der Waals surface area contributed by atoms with Crippen LogP contribution < -0.4 is 9.47 Å². The van der Waals surface area contributed by atoms with Crippen LogP contribution in [0.2, 0.25) is 0 Å². The molecule has 1 aliphatic heterocycles. The highest BCUT2D eigenvalue weighted by atomic mass is 32.1. The smallest absolute Gasteiger partial charge is 0.231 e. The van der Waals surface area contributed by atoms with E-state index >= 15 is 0 Å². The zero-order valence-corrected chi connectivity index (χ0v) is 15.4. The summed E-state index contributed by atoms with van der Waals surface area (Å²) in [5, 5.41) is 9.44. The first kappa shape index (κ1) is 15.9. The number of aryl methyl sites for hydroxylation is 1. The summed E-state index contributed by atoms with van der Waals surface area (Å²) in [6.45, 7) is 2.33. The molecule has 0 atom stereocenters. The second-order valence-electron chi connectivity index (χ2n) is 6.30. The predicted molar refractivity (Wildman–Crippen MR) is 104 cm³/mol. The Bertz CT molecular complexity index is 1200. The van der Waals surface area contributed by atoms with E-state index in [1.165, 1.54) is 0 Å². The van der Waals surface area contributed by atoms with Crippen molar-refractivity contribution in [1.29, 1.82) is 5.26 Å². The molecule has 0 saturated heterocycles. The monoisotopic (exact) mass is 373 g/mol. The van der Waals surface area contributed by atoms with Crippen molar-refractivity contribution in [2.45, 2.75) is 13.3 Å². The van der Waals surface area contributed by atoms with Crippen LogP contribution in [0, 0.1) is 18.3 Å². The summed E-state index contributed by atoms with van der Waals surface area (Å²) in [6, 6.07) is 18.3. The van der Waals surface area contributed by atoms with Crippen LogP contribution >= 0.6 is 11.3 Å². The number of hydrogen-bond acceptors (Lipinski definition) is 5. The minimum Gasteiger partial charge on any atom is -0.454 e. The van der Waals surface area contributed by atoms with Crippen LogP contribution in [-0.2, 0) is 6.42 Å². The SMILES string of the molecule is Cc1sc2nc(-c3ccccc3)c(CC#N)n2c1-c1ccc2c(c1)OCO2. The van der Waals surface area contributed by atoms with E-state index in [-0.39, 0.29) is 6.79 Å². The molecule has 5 rings (SSSR count). The van der Waals surface area contributed by atoms with Gasteiger partial charge in [0.2, 0.25) is 6.79 Å². The summed E-state index contributed by atoms with van der Waals surface area (Å²) in [5.74, 6) is 1.51. The van der Waals surface area contributed by atoms with E-state index in [1.54, 1.807) is 11.3 Å². The van der Waals surface area contributed by atoms with Crippen LogP contribution in [-0.4, -0.2) is 16.2 Å². The maximum Gasteiger partial charge on any atom is 0.231 e. The fourth-order valence-corrected chi connectivity index (χ4v) is 4.52. The molecule has 0 unspecified atom stereocenters. The predicted octanol–water partition coefficient (Wildman–Crippen LogP) is 4.83. The standard InChI is InChI=1S/C21H15N3O2S/c1-13-20(15-7-8-17-18(11-15)26-12-25-17)24-16(9-10-22)19(23-21(24)27-13)14-5-3-2-4-6-14/h2-8,11H,9,12H2,1H3. The molecule has 4 aromatic rings. The molecular formula is C21H15N3O2S. The molecule has 2 aromatic heterocycles. The second kappa shape index (κ2) is 6.15. The Labute approximate surface area is 160 Å². The van der Waals surface area contributed by atoms with Crippen LogP contribution in [0.4, 0.5) is 0 Å². The highest BCUT2D eigenvalue weighted by molar-refractivity contribution is 7.17. The number of ether oxygens (including phenoxy) is 2. The van der Waals surface area contributed by atoms with Gasteiger partial charge in [-0.15, -0.1) is 11.3 Å². The van der Waals surface area contributed by atoms with Crippen molar-refractivity contribution in [2.24, 2.45) is 0 Å². The summed E-state index contributed by atoms with van der Waals surface area (Å²) >= 11 is 1.63. The topological polar surface area (TPSA) is 59.6 Å². The van der Waals surface area contributed by atoms with Gasteiger partial charge in [-0.25, -0.2) is 4.98 Å². The van der Waals surface area contributed by atoms with Crippen LogP contribution in [0.25, 0.3) is 27.5 Å². The van der Waals surface area contributed by atoms with Crippen molar-refractivity contribution < 1.29 is 9.47 Å². The fourth-order valence-electron chi connectivity index (χ4n) is 3.51. The third-order valence-corrected chi connectivity index (χ3v) is 5.64. The van der Waals surface area contributed by atoms with Crippen molar-refractivity contribution in [2.75, 3.05) is 6.79 Å². The van der Waals surface area contributed by atoms with E-state index < -0.39 is 0 Å². The Hall–Kier alpha value is -3.30. The van der Waals surface area contributed by atoms with Crippen LogP contribution in [0.15, 0.2) is 48.5 Å². The molecule has 0 fully saturated rings. The van der Waals surface area contributed by atoms with Crippen LogP contribution in [0.3, 0.4) is 0 Å². The van der Waals surface area contributed by atoms with Crippen molar-refractivity contribution >= 4 is 16.3 Å². The Morgan fingerprint density at radius 3 is 2.74 bits per heavy atom. The van der Waals surface area contributed by atoms with Crippen molar-refractivity contribution in [3.05, 3.63) is 59.1 Å². The average Bonchev–Trinajstić information content (AvgIpc) is 3.36. The second-order valence-corrected chi connectivity index (χ2v) is 7.48. The van der Waals surface area contributed by atoms with Gasteiger partial charge in [0.1, 0.15) is 0 Å². The molecule has 0 radical (unpaired) electrons. The van der Waals surface area contributed by atoms with Gasteiger partial charge >= 0.3 is 0 Å². The molecule has 0 spiro atoms. The van der Waals surface area contributed by atoms with Gasteiger partial charge in [0.15, 0.2) is 16.5 Å². The van der Waals surface area contributed by atoms with Gasteiger partial charge in [-0.3, -0.25) is 4.40 Å².